The van der Waals surface area contributed by atoms with Gasteiger partial charge in [0.25, 0.3) is 5.91 Å². The first-order chi connectivity index (χ1) is 18.6. The van der Waals surface area contributed by atoms with Gasteiger partial charge in [0.2, 0.25) is 0 Å². The van der Waals surface area contributed by atoms with Crippen molar-refractivity contribution in [3.05, 3.63) is 114 Å². The first kappa shape index (κ1) is 24.9. The van der Waals surface area contributed by atoms with Crippen molar-refractivity contribution >= 4 is 40.6 Å². The summed E-state index contributed by atoms with van der Waals surface area (Å²) < 4.78 is 7.45. The molecule has 9 heteroatoms. The monoisotopic (exact) mass is 521 g/mol. The predicted octanol–water partition coefficient (Wildman–Crippen LogP) is 5.19. The Labute approximate surface area is 223 Å². The number of hydrazone groups is 1. The minimum atomic E-state index is -0.425. The van der Waals surface area contributed by atoms with Crippen LogP contribution in [0.25, 0.3) is 16.5 Å². The lowest BCUT2D eigenvalue weighted by atomic mass is 10.0. The Bertz CT molecular complexity index is 1610. The molecule has 0 aliphatic heterocycles. The van der Waals surface area contributed by atoms with E-state index in [1.165, 1.54) is 18.0 Å². The molecule has 0 saturated carbocycles. The summed E-state index contributed by atoms with van der Waals surface area (Å²) in [4.78, 5) is 25.0. The Balaban J connectivity index is 1.14. The third kappa shape index (κ3) is 5.79. The second kappa shape index (κ2) is 11.5. The SMILES string of the molecule is Cc1nnc(SCC(=O)NN=Cc2ccc(OC(=O)c3cccc4ccccc34)cc2)n1-c1ccccc1. The summed E-state index contributed by atoms with van der Waals surface area (Å²) in [5.41, 5.74) is 4.70. The molecule has 5 rings (SSSR count). The summed E-state index contributed by atoms with van der Waals surface area (Å²) in [5, 5.41) is 14.8. The number of nitrogens with zero attached hydrogens (tertiary/aromatic N) is 4. The number of fused-ring (bicyclic) bond motifs is 1. The number of rotatable bonds is 8. The van der Waals surface area contributed by atoms with Crippen LogP contribution in [0.4, 0.5) is 0 Å². The highest BCUT2D eigenvalue weighted by Gasteiger charge is 2.14. The minimum absolute atomic E-state index is 0.130. The number of hydrogen-bond donors (Lipinski definition) is 1. The lowest BCUT2D eigenvalue weighted by molar-refractivity contribution is -0.118. The molecule has 0 fully saturated rings. The molecular weight excluding hydrogens is 498 g/mol. The van der Waals surface area contributed by atoms with E-state index >= 15 is 0 Å². The number of esters is 1. The Hall–Kier alpha value is -4.76. The van der Waals surface area contributed by atoms with Crippen LogP contribution in [0.15, 0.2) is 107 Å². The van der Waals surface area contributed by atoms with Crippen LogP contribution in [0.2, 0.25) is 0 Å². The molecule has 1 heterocycles. The van der Waals surface area contributed by atoms with Crippen molar-refractivity contribution < 1.29 is 14.3 Å². The highest BCUT2D eigenvalue weighted by molar-refractivity contribution is 7.99. The van der Waals surface area contributed by atoms with Crippen molar-refractivity contribution in [2.75, 3.05) is 5.75 Å². The molecule has 0 bridgehead atoms. The molecule has 8 nitrogen and oxygen atoms in total. The van der Waals surface area contributed by atoms with Gasteiger partial charge in [-0.15, -0.1) is 10.2 Å². The quantitative estimate of drug-likeness (QED) is 0.0992. The fourth-order valence-corrected chi connectivity index (χ4v) is 4.63. The van der Waals surface area contributed by atoms with Gasteiger partial charge in [0.05, 0.1) is 17.5 Å². The average Bonchev–Trinajstić information content (AvgIpc) is 3.33. The number of benzene rings is 4. The molecule has 38 heavy (non-hydrogen) atoms. The van der Waals surface area contributed by atoms with Gasteiger partial charge < -0.3 is 4.74 Å². The third-order valence-corrected chi connectivity index (χ3v) is 6.57. The van der Waals surface area contributed by atoms with E-state index < -0.39 is 5.97 Å². The number of thioether (sulfide) groups is 1. The number of carbonyl (C=O) groups is 2. The van der Waals surface area contributed by atoms with Crippen molar-refractivity contribution in [1.29, 1.82) is 0 Å². The highest BCUT2D eigenvalue weighted by atomic mass is 32.2. The van der Waals surface area contributed by atoms with Gasteiger partial charge >= 0.3 is 5.97 Å². The number of aromatic nitrogens is 3. The summed E-state index contributed by atoms with van der Waals surface area (Å²) in [5.74, 6) is 0.589. The van der Waals surface area contributed by atoms with Gasteiger partial charge in [-0.1, -0.05) is 66.4 Å². The Kier molecular flexibility index (Phi) is 7.56. The van der Waals surface area contributed by atoms with Crippen molar-refractivity contribution in [3.8, 4) is 11.4 Å². The van der Waals surface area contributed by atoms with Crippen LogP contribution in [0.3, 0.4) is 0 Å². The van der Waals surface area contributed by atoms with E-state index in [1.807, 2.05) is 78.2 Å². The molecule has 0 spiro atoms. The summed E-state index contributed by atoms with van der Waals surface area (Å²) in [7, 11) is 0. The molecule has 0 saturated heterocycles. The standard InChI is InChI=1S/C29H23N5O3S/c1-20-31-33-29(34(20)23-10-3-2-4-11-23)38-19-27(35)32-30-18-21-14-16-24(17-15-21)37-28(36)26-13-7-9-22-8-5-6-12-25(22)26/h2-18H,19H2,1H3,(H,32,35). The van der Waals surface area contributed by atoms with Gasteiger partial charge in [-0.2, -0.15) is 5.10 Å². The Morgan fingerprint density at radius 2 is 1.66 bits per heavy atom. The van der Waals surface area contributed by atoms with Gasteiger partial charge in [-0.3, -0.25) is 9.36 Å². The largest absolute Gasteiger partial charge is 0.423 e. The molecule has 0 aliphatic rings. The molecule has 1 aromatic heterocycles. The van der Waals surface area contributed by atoms with Gasteiger partial charge in [0.1, 0.15) is 11.6 Å². The number of aryl methyl sites for hydroxylation is 1. The fourth-order valence-electron chi connectivity index (χ4n) is 3.84. The van der Waals surface area contributed by atoms with E-state index in [9.17, 15) is 9.59 Å². The molecule has 0 atom stereocenters. The second-order valence-electron chi connectivity index (χ2n) is 8.27. The number of hydrogen-bond acceptors (Lipinski definition) is 7. The molecule has 0 aliphatic carbocycles. The van der Waals surface area contributed by atoms with Crippen LogP contribution in [-0.4, -0.2) is 38.6 Å². The zero-order valence-electron chi connectivity index (χ0n) is 20.4. The zero-order chi connectivity index (χ0) is 26.3. The summed E-state index contributed by atoms with van der Waals surface area (Å²) >= 11 is 1.28. The molecular formula is C29H23N5O3S. The second-order valence-corrected chi connectivity index (χ2v) is 9.21. The maximum absolute atomic E-state index is 12.7. The topological polar surface area (TPSA) is 98.5 Å². The van der Waals surface area contributed by atoms with Crippen molar-refractivity contribution in [2.24, 2.45) is 5.10 Å². The summed E-state index contributed by atoms with van der Waals surface area (Å²) in [6, 6.07) is 29.8. The molecule has 1 amide bonds. The number of carbonyl (C=O) groups excluding carboxylic acids is 2. The molecule has 4 aromatic carbocycles. The molecule has 0 radical (unpaired) electrons. The van der Waals surface area contributed by atoms with E-state index in [-0.39, 0.29) is 11.7 Å². The highest BCUT2D eigenvalue weighted by Crippen LogP contribution is 2.22. The molecule has 0 unspecified atom stereocenters. The van der Waals surface area contributed by atoms with Crippen LogP contribution < -0.4 is 10.2 Å². The first-order valence-corrected chi connectivity index (χ1v) is 12.8. The fraction of sp³-hybridized carbons (Fsp3) is 0.0690. The van der Waals surface area contributed by atoms with E-state index in [1.54, 1.807) is 30.3 Å². The van der Waals surface area contributed by atoms with Crippen LogP contribution >= 0.6 is 11.8 Å². The van der Waals surface area contributed by atoms with Gasteiger partial charge in [0.15, 0.2) is 5.16 Å². The van der Waals surface area contributed by atoms with Crippen LogP contribution in [-0.2, 0) is 4.79 Å². The van der Waals surface area contributed by atoms with Crippen LogP contribution in [0, 0.1) is 6.92 Å². The summed E-state index contributed by atoms with van der Waals surface area (Å²) in [6.07, 6.45) is 1.52. The van der Waals surface area contributed by atoms with E-state index in [0.29, 0.717) is 16.5 Å². The normalized spacial score (nSPS) is 11.1. The number of para-hydroxylation sites is 1. The van der Waals surface area contributed by atoms with E-state index in [4.69, 9.17) is 4.74 Å². The van der Waals surface area contributed by atoms with Crippen molar-refractivity contribution in [3.63, 3.8) is 0 Å². The maximum atomic E-state index is 12.7. The zero-order valence-corrected chi connectivity index (χ0v) is 21.3. The first-order valence-electron chi connectivity index (χ1n) is 11.8. The molecule has 5 aromatic rings. The van der Waals surface area contributed by atoms with Gasteiger partial charge in [-0.05, 0) is 65.7 Å². The number of ether oxygens (including phenoxy) is 1. The third-order valence-electron chi connectivity index (χ3n) is 5.64. The Morgan fingerprint density at radius 1 is 0.921 bits per heavy atom. The van der Waals surface area contributed by atoms with Gasteiger partial charge in [-0.25, -0.2) is 10.2 Å². The van der Waals surface area contributed by atoms with Crippen LogP contribution in [0.1, 0.15) is 21.7 Å². The maximum Gasteiger partial charge on any atom is 0.344 e. The van der Waals surface area contributed by atoms with Gasteiger partial charge in [0, 0.05) is 5.69 Å². The molecule has 1 N–H and O–H groups in total. The Morgan fingerprint density at radius 3 is 2.47 bits per heavy atom. The van der Waals surface area contributed by atoms with Crippen molar-refractivity contribution in [2.45, 2.75) is 12.1 Å². The van der Waals surface area contributed by atoms with Crippen molar-refractivity contribution in [1.82, 2.24) is 20.2 Å². The summed E-state index contributed by atoms with van der Waals surface area (Å²) in [6.45, 7) is 1.87. The lowest BCUT2D eigenvalue weighted by Crippen LogP contribution is -2.20. The molecule has 188 valence electrons. The lowest BCUT2D eigenvalue weighted by Gasteiger charge is -2.08. The number of amides is 1. The predicted molar refractivity (Wildman–Crippen MR) is 148 cm³/mol. The van der Waals surface area contributed by atoms with E-state index in [2.05, 4.69) is 20.7 Å². The van der Waals surface area contributed by atoms with Crippen LogP contribution in [0.5, 0.6) is 5.75 Å². The number of nitrogens with one attached hydrogen (secondary N) is 1. The average molecular weight is 522 g/mol. The van der Waals surface area contributed by atoms with E-state index in [0.717, 1.165) is 27.8 Å². The minimum Gasteiger partial charge on any atom is -0.423 e. The smallest absolute Gasteiger partial charge is 0.344 e.